The zero-order valence-electron chi connectivity index (χ0n) is 16.3. The van der Waals surface area contributed by atoms with Gasteiger partial charge in [0.2, 0.25) is 0 Å². The number of rotatable bonds is 3. The predicted molar refractivity (Wildman–Crippen MR) is 110 cm³/mol. The highest BCUT2D eigenvalue weighted by Crippen LogP contribution is 2.53. The third kappa shape index (κ3) is 2.50. The van der Waals surface area contributed by atoms with Gasteiger partial charge in [-0.1, -0.05) is 61.5 Å². The Morgan fingerprint density at radius 1 is 0.893 bits per heavy atom. The third-order valence-corrected chi connectivity index (χ3v) is 6.09. The standard InChI is InChI=1S/C25H24O3/c1-3-17-7-6-9-21-20-8-4-5-10-22(20)25(23(17)21)15-27-24(28-16-25)18-11-13-19(26-2)14-12-18/h4-14,24H,3,15-16H2,1-2H3. The summed E-state index contributed by atoms with van der Waals surface area (Å²) < 4.78 is 17.9. The van der Waals surface area contributed by atoms with Gasteiger partial charge in [-0.2, -0.15) is 0 Å². The van der Waals surface area contributed by atoms with Gasteiger partial charge in [0.05, 0.1) is 25.7 Å². The molecule has 0 N–H and O–H groups in total. The molecule has 0 atom stereocenters. The quantitative estimate of drug-likeness (QED) is 0.627. The Bertz CT molecular complexity index is 999. The Balaban J connectivity index is 1.53. The van der Waals surface area contributed by atoms with Crippen LogP contribution in [0.2, 0.25) is 0 Å². The van der Waals surface area contributed by atoms with Crippen molar-refractivity contribution in [2.24, 2.45) is 0 Å². The molecular formula is C25H24O3. The number of fused-ring (bicyclic) bond motifs is 5. The van der Waals surface area contributed by atoms with Crippen LogP contribution in [0.25, 0.3) is 11.1 Å². The fourth-order valence-corrected chi connectivity index (χ4v) is 4.73. The van der Waals surface area contributed by atoms with E-state index in [4.69, 9.17) is 14.2 Å². The number of benzene rings is 3. The molecule has 1 saturated heterocycles. The van der Waals surface area contributed by atoms with Crippen molar-refractivity contribution in [1.82, 2.24) is 0 Å². The van der Waals surface area contributed by atoms with Gasteiger partial charge in [0.1, 0.15) is 5.75 Å². The molecular weight excluding hydrogens is 348 g/mol. The first-order valence-corrected chi connectivity index (χ1v) is 9.86. The molecule has 1 aliphatic heterocycles. The van der Waals surface area contributed by atoms with E-state index in [0.29, 0.717) is 13.2 Å². The van der Waals surface area contributed by atoms with Gasteiger partial charge in [0, 0.05) is 5.56 Å². The van der Waals surface area contributed by atoms with Gasteiger partial charge in [-0.15, -0.1) is 0 Å². The molecule has 1 heterocycles. The second-order valence-corrected chi connectivity index (χ2v) is 7.55. The molecule has 3 nitrogen and oxygen atoms in total. The van der Waals surface area contributed by atoms with Crippen LogP contribution in [0, 0.1) is 0 Å². The highest BCUT2D eigenvalue weighted by molar-refractivity contribution is 5.82. The van der Waals surface area contributed by atoms with E-state index in [2.05, 4.69) is 49.4 Å². The summed E-state index contributed by atoms with van der Waals surface area (Å²) in [7, 11) is 1.67. The van der Waals surface area contributed by atoms with Crippen LogP contribution in [-0.2, 0) is 21.3 Å². The van der Waals surface area contributed by atoms with Crippen LogP contribution in [0.5, 0.6) is 5.75 Å². The van der Waals surface area contributed by atoms with Gasteiger partial charge in [-0.3, -0.25) is 0 Å². The molecule has 142 valence electrons. The average Bonchev–Trinajstić information content (AvgIpc) is 3.05. The van der Waals surface area contributed by atoms with Gasteiger partial charge in [-0.05, 0) is 46.4 Å². The summed E-state index contributed by atoms with van der Waals surface area (Å²) in [6, 6.07) is 23.2. The van der Waals surface area contributed by atoms with Crippen molar-refractivity contribution in [3.63, 3.8) is 0 Å². The third-order valence-electron chi connectivity index (χ3n) is 6.09. The fourth-order valence-electron chi connectivity index (χ4n) is 4.73. The molecule has 1 spiro atoms. The van der Waals surface area contributed by atoms with Crippen LogP contribution < -0.4 is 4.74 Å². The van der Waals surface area contributed by atoms with E-state index in [-0.39, 0.29) is 11.7 Å². The molecule has 0 saturated carbocycles. The zero-order chi connectivity index (χ0) is 19.1. The molecule has 5 rings (SSSR count). The van der Waals surface area contributed by atoms with Gasteiger partial charge in [0.15, 0.2) is 6.29 Å². The van der Waals surface area contributed by atoms with Crippen LogP contribution in [0.3, 0.4) is 0 Å². The maximum atomic E-state index is 6.33. The lowest BCUT2D eigenvalue weighted by molar-refractivity contribution is -0.206. The molecule has 0 bridgehead atoms. The summed E-state index contributed by atoms with van der Waals surface area (Å²) >= 11 is 0. The topological polar surface area (TPSA) is 27.7 Å². The zero-order valence-corrected chi connectivity index (χ0v) is 16.3. The summed E-state index contributed by atoms with van der Waals surface area (Å²) in [6.45, 7) is 3.45. The molecule has 3 aromatic rings. The first-order chi connectivity index (χ1) is 13.8. The lowest BCUT2D eigenvalue weighted by Crippen LogP contribution is -2.42. The van der Waals surface area contributed by atoms with Gasteiger partial charge in [0.25, 0.3) is 0 Å². The predicted octanol–water partition coefficient (Wildman–Crippen LogP) is 5.27. The second kappa shape index (κ2) is 6.77. The molecule has 28 heavy (non-hydrogen) atoms. The minimum absolute atomic E-state index is 0.235. The molecule has 3 heteroatoms. The van der Waals surface area contributed by atoms with Crippen LogP contribution >= 0.6 is 0 Å². The molecule has 1 fully saturated rings. The Kier molecular flexibility index (Phi) is 4.22. The first-order valence-electron chi connectivity index (χ1n) is 9.86. The van der Waals surface area contributed by atoms with Crippen LogP contribution in [0.1, 0.15) is 35.5 Å². The number of hydrogen-bond donors (Lipinski definition) is 0. The number of aryl methyl sites for hydroxylation is 1. The monoisotopic (exact) mass is 372 g/mol. The van der Waals surface area contributed by atoms with Crippen molar-refractivity contribution in [2.75, 3.05) is 20.3 Å². The largest absolute Gasteiger partial charge is 0.497 e. The maximum absolute atomic E-state index is 6.33. The average molecular weight is 372 g/mol. The van der Waals surface area contributed by atoms with Crippen molar-refractivity contribution in [3.8, 4) is 16.9 Å². The Morgan fingerprint density at radius 2 is 1.61 bits per heavy atom. The summed E-state index contributed by atoms with van der Waals surface area (Å²) in [5.74, 6) is 0.835. The van der Waals surface area contributed by atoms with Crippen molar-refractivity contribution in [1.29, 1.82) is 0 Å². The van der Waals surface area contributed by atoms with Gasteiger partial charge >= 0.3 is 0 Å². The maximum Gasteiger partial charge on any atom is 0.183 e. The van der Waals surface area contributed by atoms with E-state index in [1.54, 1.807) is 7.11 Å². The van der Waals surface area contributed by atoms with Crippen molar-refractivity contribution >= 4 is 0 Å². The highest BCUT2D eigenvalue weighted by atomic mass is 16.7. The van der Waals surface area contributed by atoms with Gasteiger partial charge in [-0.25, -0.2) is 0 Å². The van der Waals surface area contributed by atoms with Crippen molar-refractivity contribution < 1.29 is 14.2 Å². The van der Waals surface area contributed by atoms with E-state index in [0.717, 1.165) is 17.7 Å². The Labute approximate surface area is 165 Å². The molecule has 3 aromatic carbocycles. The van der Waals surface area contributed by atoms with E-state index in [1.807, 2.05) is 24.3 Å². The fraction of sp³-hybridized carbons (Fsp3) is 0.280. The normalized spacial score (nSPS) is 22.7. The second-order valence-electron chi connectivity index (χ2n) is 7.55. The molecule has 2 aliphatic rings. The van der Waals surface area contributed by atoms with E-state index >= 15 is 0 Å². The number of ether oxygens (including phenoxy) is 3. The number of hydrogen-bond acceptors (Lipinski definition) is 3. The smallest absolute Gasteiger partial charge is 0.183 e. The highest BCUT2D eigenvalue weighted by Gasteiger charge is 2.48. The minimum atomic E-state index is -0.346. The van der Waals surface area contributed by atoms with Crippen LogP contribution in [0.4, 0.5) is 0 Å². The van der Waals surface area contributed by atoms with Crippen molar-refractivity contribution in [3.05, 3.63) is 89.0 Å². The summed E-state index contributed by atoms with van der Waals surface area (Å²) in [6.07, 6.45) is 0.655. The summed E-state index contributed by atoms with van der Waals surface area (Å²) in [4.78, 5) is 0. The molecule has 0 amide bonds. The Morgan fingerprint density at radius 3 is 2.32 bits per heavy atom. The SMILES string of the molecule is CCc1cccc2c1C1(COC(c3ccc(OC)cc3)OC1)c1ccccc1-2. The van der Waals surface area contributed by atoms with Gasteiger partial charge < -0.3 is 14.2 Å². The molecule has 0 aromatic heterocycles. The minimum Gasteiger partial charge on any atom is -0.497 e. The first kappa shape index (κ1) is 17.5. The Hall–Kier alpha value is -2.62. The molecule has 0 radical (unpaired) electrons. The van der Waals surface area contributed by atoms with Crippen molar-refractivity contribution in [2.45, 2.75) is 25.0 Å². The molecule has 1 aliphatic carbocycles. The number of methoxy groups -OCH3 is 1. The lowest BCUT2D eigenvalue weighted by Gasteiger charge is -2.40. The van der Waals surface area contributed by atoms with E-state index in [9.17, 15) is 0 Å². The molecule has 0 unspecified atom stereocenters. The summed E-state index contributed by atoms with van der Waals surface area (Å²) in [5.41, 5.74) is 7.50. The lowest BCUT2D eigenvalue weighted by atomic mass is 9.76. The van der Waals surface area contributed by atoms with E-state index < -0.39 is 0 Å². The summed E-state index contributed by atoms with van der Waals surface area (Å²) in [5, 5.41) is 0. The van der Waals surface area contributed by atoms with Crippen LogP contribution in [-0.4, -0.2) is 20.3 Å². The van der Waals surface area contributed by atoms with Crippen LogP contribution in [0.15, 0.2) is 66.7 Å². The van der Waals surface area contributed by atoms with E-state index in [1.165, 1.54) is 27.8 Å².